The first-order valence-electron chi connectivity index (χ1n) is 13.4. The third-order valence-corrected chi connectivity index (χ3v) is 6.96. The van der Waals surface area contributed by atoms with Gasteiger partial charge in [-0.1, -0.05) is 93.5 Å². The SMILES string of the molecule is C=CCOc1ccc(C(CC(C)(C)C)C(C)C)cc1-c1cc(C(CCC)C(C)(C)C)ccc1OC. The summed E-state index contributed by atoms with van der Waals surface area (Å²) in [6.07, 6.45) is 5.26. The van der Waals surface area contributed by atoms with Crippen LogP contribution in [0.15, 0.2) is 49.1 Å². The fraction of sp³-hybridized carbons (Fsp3) is 0.576. The van der Waals surface area contributed by atoms with Gasteiger partial charge in [0.25, 0.3) is 0 Å². The summed E-state index contributed by atoms with van der Waals surface area (Å²) in [5.41, 5.74) is 5.38. The molecule has 0 aliphatic rings. The minimum absolute atomic E-state index is 0.182. The Labute approximate surface area is 216 Å². The van der Waals surface area contributed by atoms with Crippen molar-refractivity contribution in [2.45, 2.75) is 93.4 Å². The van der Waals surface area contributed by atoms with Crippen molar-refractivity contribution in [3.8, 4) is 22.6 Å². The quantitative estimate of drug-likeness (QED) is 0.299. The third-order valence-electron chi connectivity index (χ3n) is 6.96. The molecule has 2 rings (SSSR count). The van der Waals surface area contributed by atoms with Crippen LogP contribution < -0.4 is 9.47 Å². The second-order valence-electron chi connectivity index (χ2n) is 12.6. The molecule has 2 heteroatoms. The van der Waals surface area contributed by atoms with Crippen LogP contribution in [0.5, 0.6) is 11.5 Å². The van der Waals surface area contributed by atoms with Gasteiger partial charge in [-0.15, -0.1) is 0 Å². The first-order valence-corrected chi connectivity index (χ1v) is 13.4. The molecule has 0 amide bonds. The van der Waals surface area contributed by atoms with Crippen LogP contribution in [-0.2, 0) is 0 Å². The molecule has 2 aromatic rings. The number of benzene rings is 2. The molecule has 0 aliphatic carbocycles. The summed E-state index contributed by atoms with van der Waals surface area (Å²) >= 11 is 0. The standard InChI is InChI=1S/C33H50O2/c1-12-14-29(33(8,9)10)25-16-17-30(34-11)26(21-25)27-20-24(15-18-31(27)35-19-13-2)28(23(3)4)22-32(5,6)7/h13,15-18,20-21,23,28-29H,2,12,14,19,22H2,1,3-11H3. The normalized spacial score (nSPS) is 14.0. The van der Waals surface area contributed by atoms with Crippen LogP contribution in [0, 0.1) is 16.7 Å². The Bertz CT molecular complexity index is 956. The Morgan fingerprint density at radius 1 is 0.886 bits per heavy atom. The van der Waals surface area contributed by atoms with Gasteiger partial charge in [-0.2, -0.15) is 0 Å². The minimum Gasteiger partial charge on any atom is -0.496 e. The van der Waals surface area contributed by atoms with E-state index in [0.717, 1.165) is 41.9 Å². The van der Waals surface area contributed by atoms with Gasteiger partial charge in [0.05, 0.1) is 7.11 Å². The number of rotatable bonds is 11. The fourth-order valence-electron chi connectivity index (χ4n) is 5.20. The molecule has 2 nitrogen and oxygen atoms in total. The lowest BCUT2D eigenvalue weighted by Crippen LogP contribution is -2.18. The van der Waals surface area contributed by atoms with Crippen LogP contribution >= 0.6 is 0 Å². The van der Waals surface area contributed by atoms with E-state index < -0.39 is 0 Å². The molecule has 0 N–H and O–H groups in total. The van der Waals surface area contributed by atoms with Gasteiger partial charge in [-0.3, -0.25) is 0 Å². The highest BCUT2D eigenvalue weighted by Gasteiger charge is 2.28. The molecule has 35 heavy (non-hydrogen) atoms. The van der Waals surface area contributed by atoms with Crippen molar-refractivity contribution < 1.29 is 9.47 Å². The van der Waals surface area contributed by atoms with Gasteiger partial charge in [0.15, 0.2) is 0 Å². The predicted octanol–water partition coefficient (Wildman–Crippen LogP) is 10.0. The molecule has 2 atom stereocenters. The van der Waals surface area contributed by atoms with Gasteiger partial charge in [0, 0.05) is 11.1 Å². The molecule has 0 saturated carbocycles. The maximum atomic E-state index is 6.18. The van der Waals surface area contributed by atoms with Crippen LogP contribution in [0.2, 0.25) is 0 Å². The maximum absolute atomic E-state index is 6.18. The summed E-state index contributed by atoms with van der Waals surface area (Å²) in [6.45, 7) is 25.3. The van der Waals surface area contributed by atoms with E-state index in [1.807, 2.05) is 0 Å². The predicted molar refractivity (Wildman–Crippen MR) is 153 cm³/mol. The van der Waals surface area contributed by atoms with Gasteiger partial charge in [0.1, 0.15) is 18.1 Å². The van der Waals surface area contributed by atoms with Crippen LogP contribution in [0.1, 0.15) is 105 Å². The average Bonchev–Trinajstić information content (AvgIpc) is 2.77. The first kappa shape index (κ1) is 29.0. The molecular formula is C33H50O2. The molecule has 0 spiro atoms. The van der Waals surface area contributed by atoms with Crippen molar-refractivity contribution in [1.82, 2.24) is 0 Å². The van der Waals surface area contributed by atoms with Gasteiger partial charge in [-0.25, -0.2) is 0 Å². The number of ether oxygens (including phenoxy) is 2. The van der Waals surface area contributed by atoms with Crippen molar-refractivity contribution in [2.75, 3.05) is 13.7 Å². The Hall–Kier alpha value is -2.22. The molecule has 2 aromatic carbocycles. The summed E-state index contributed by atoms with van der Waals surface area (Å²) in [4.78, 5) is 0. The van der Waals surface area contributed by atoms with E-state index in [4.69, 9.17) is 9.47 Å². The van der Waals surface area contributed by atoms with Crippen molar-refractivity contribution in [1.29, 1.82) is 0 Å². The topological polar surface area (TPSA) is 18.5 Å². The second-order valence-corrected chi connectivity index (χ2v) is 12.6. The van der Waals surface area contributed by atoms with E-state index in [0.29, 0.717) is 24.4 Å². The molecule has 0 aliphatic heterocycles. The highest BCUT2D eigenvalue weighted by Crippen LogP contribution is 2.45. The third kappa shape index (κ3) is 7.89. The average molecular weight is 479 g/mol. The van der Waals surface area contributed by atoms with Crippen LogP contribution in [0.3, 0.4) is 0 Å². The lowest BCUT2D eigenvalue weighted by molar-refractivity contribution is 0.300. The molecular weight excluding hydrogens is 428 g/mol. The van der Waals surface area contributed by atoms with Gasteiger partial charge >= 0.3 is 0 Å². The Morgan fingerprint density at radius 2 is 1.46 bits per heavy atom. The molecule has 2 unspecified atom stereocenters. The zero-order chi connectivity index (χ0) is 26.4. The summed E-state index contributed by atoms with van der Waals surface area (Å²) in [6, 6.07) is 13.5. The van der Waals surface area contributed by atoms with Gasteiger partial charge < -0.3 is 9.47 Å². The summed E-state index contributed by atoms with van der Waals surface area (Å²) in [5.74, 6) is 3.26. The van der Waals surface area contributed by atoms with Crippen LogP contribution in [-0.4, -0.2) is 13.7 Å². The minimum atomic E-state index is 0.182. The Kier molecular flexibility index (Phi) is 10.1. The molecule has 0 radical (unpaired) electrons. The highest BCUT2D eigenvalue weighted by molar-refractivity contribution is 5.77. The molecule has 0 aromatic heterocycles. The number of hydrogen-bond donors (Lipinski definition) is 0. The smallest absolute Gasteiger partial charge is 0.127 e. The van der Waals surface area contributed by atoms with Crippen molar-refractivity contribution in [2.24, 2.45) is 16.7 Å². The number of hydrogen-bond acceptors (Lipinski definition) is 2. The van der Waals surface area contributed by atoms with Crippen molar-refractivity contribution >= 4 is 0 Å². The molecule has 0 fully saturated rings. The summed E-state index contributed by atoms with van der Waals surface area (Å²) in [5, 5.41) is 0. The molecule has 0 bridgehead atoms. The first-order chi connectivity index (χ1) is 16.3. The van der Waals surface area contributed by atoms with E-state index in [2.05, 4.69) is 105 Å². The number of methoxy groups -OCH3 is 1. The fourth-order valence-corrected chi connectivity index (χ4v) is 5.20. The van der Waals surface area contributed by atoms with Crippen molar-refractivity contribution in [3.05, 3.63) is 60.2 Å². The van der Waals surface area contributed by atoms with Crippen molar-refractivity contribution in [3.63, 3.8) is 0 Å². The van der Waals surface area contributed by atoms with Crippen LogP contribution in [0.25, 0.3) is 11.1 Å². The zero-order valence-electron chi connectivity index (χ0n) is 24.1. The Morgan fingerprint density at radius 3 is 1.97 bits per heavy atom. The van der Waals surface area contributed by atoms with E-state index in [9.17, 15) is 0 Å². The Balaban J connectivity index is 2.75. The largest absolute Gasteiger partial charge is 0.496 e. The lowest BCUT2D eigenvalue weighted by Gasteiger charge is -2.32. The monoisotopic (exact) mass is 478 g/mol. The highest BCUT2D eigenvalue weighted by atomic mass is 16.5. The van der Waals surface area contributed by atoms with E-state index in [-0.39, 0.29) is 10.8 Å². The zero-order valence-corrected chi connectivity index (χ0v) is 24.1. The van der Waals surface area contributed by atoms with Gasteiger partial charge in [-0.05, 0) is 76.8 Å². The van der Waals surface area contributed by atoms with Gasteiger partial charge in [0.2, 0.25) is 0 Å². The van der Waals surface area contributed by atoms with E-state index >= 15 is 0 Å². The molecule has 0 heterocycles. The van der Waals surface area contributed by atoms with E-state index in [1.54, 1.807) is 13.2 Å². The summed E-state index contributed by atoms with van der Waals surface area (Å²) < 4.78 is 12.1. The molecule has 194 valence electrons. The maximum Gasteiger partial charge on any atom is 0.127 e. The van der Waals surface area contributed by atoms with E-state index in [1.165, 1.54) is 11.1 Å². The summed E-state index contributed by atoms with van der Waals surface area (Å²) in [7, 11) is 1.76. The second kappa shape index (κ2) is 12.2. The molecule has 0 saturated heterocycles. The van der Waals surface area contributed by atoms with Crippen LogP contribution in [0.4, 0.5) is 0 Å². The lowest BCUT2D eigenvalue weighted by atomic mass is 9.73.